The number of aliphatic hydroxyl groups excluding tert-OH is 1. The third kappa shape index (κ3) is 2.62. The Morgan fingerprint density at radius 1 is 1.55 bits per heavy atom. The van der Waals surface area contributed by atoms with Crippen LogP contribution in [0.5, 0.6) is 0 Å². The van der Waals surface area contributed by atoms with E-state index in [1.165, 1.54) is 6.42 Å². The van der Waals surface area contributed by atoms with Gasteiger partial charge >= 0.3 is 0 Å². The number of aliphatic hydroxyl groups is 1. The molecule has 1 rings (SSSR count). The highest BCUT2D eigenvalue weighted by atomic mass is 35.5. The molecule has 0 aliphatic heterocycles. The minimum Gasteiger partial charge on any atom is -0.393 e. The minimum atomic E-state index is -0.148. The normalized spacial score (nSPS) is 39.0. The zero-order valence-corrected chi connectivity index (χ0v) is 7.64. The van der Waals surface area contributed by atoms with Gasteiger partial charge in [0.1, 0.15) is 0 Å². The molecule has 3 atom stereocenters. The lowest BCUT2D eigenvalue weighted by molar-refractivity contribution is 0.0515. The third-order valence-corrected chi connectivity index (χ3v) is 2.71. The Bertz CT molecular complexity index is 121. The summed E-state index contributed by atoms with van der Waals surface area (Å²) in [6.45, 7) is 2.92. The summed E-state index contributed by atoms with van der Waals surface area (Å²) in [4.78, 5) is 2.59. The average Bonchev–Trinajstić information content (AvgIpc) is 1.95. The van der Waals surface area contributed by atoms with Crippen LogP contribution in [0.15, 0.2) is 0 Å². The van der Waals surface area contributed by atoms with E-state index in [2.05, 4.69) is 11.8 Å². The van der Waals surface area contributed by atoms with Crippen molar-refractivity contribution >= 4 is 11.8 Å². The summed E-state index contributed by atoms with van der Waals surface area (Å²) in [5.74, 6) is 1.04. The molecule has 1 saturated carbocycles. The van der Waals surface area contributed by atoms with Crippen LogP contribution in [0, 0.1) is 11.8 Å². The van der Waals surface area contributed by atoms with E-state index in [9.17, 15) is 5.11 Å². The summed E-state index contributed by atoms with van der Waals surface area (Å²) in [5, 5.41) is 9.57. The highest BCUT2D eigenvalue weighted by Crippen LogP contribution is 2.28. The average molecular weight is 178 g/mol. The maximum Gasteiger partial charge on any atom is 0.0583 e. The largest absolute Gasteiger partial charge is 0.393 e. The van der Waals surface area contributed by atoms with Crippen molar-refractivity contribution in [3.63, 3.8) is 0 Å². The molecule has 2 N–H and O–H groups in total. The van der Waals surface area contributed by atoms with Crippen LogP contribution in [0.1, 0.15) is 26.2 Å². The molecule has 3 heteroatoms. The maximum absolute atomic E-state index is 9.57. The molecule has 0 amide bonds. The van der Waals surface area contributed by atoms with Crippen LogP contribution in [-0.2, 0) is 0 Å². The second-order valence-electron chi connectivity index (χ2n) is 3.58. The Balaban J connectivity index is 2.31. The van der Waals surface area contributed by atoms with E-state index >= 15 is 0 Å². The lowest BCUT2D eigenvalue weighted by atomic mass is 9.81. The lowest BCUT2D eigenvalue weighted by Gasteiger charge is -2.30. The standard InChI is InChI=1S/C8H16ClNO/c1-6-2-3-7(5-10-9)8(11)4-6/h6-8,10-11H,2-5H2,1H3/t6-,7+,8-/m1/s1. The molecule has 0 aromatic rings. The molecule has 0 heterocycles. The maximum atomic E-state index is 9.57. The van der Waals surface area contributed by atoms with Gasteiger partial charge in [-0.1, -0.05) is 13.3 Å². The number of hydrogen-bond donors (Lipinski definition) is 2. The molecule has 2 nitrogen and oxygen atoms in total. The van der Waals surface area contributed by atoms with E-state index in [0.717, 1.165) is 19.4 Å². The molecule has 0 aromatic carbocycles. The zero-order valence-electron chi connectivity index (χ0n) is 6.89. The van der Waals surface area contributed by atoms with E-state index in [0.29, 0.717) is 11.8 Å². The first kappa shape index (κ1) is 9.30. The van der Waals surface area contributed by atoms with Crippen molar-refractivity contribution in [2.75, 3.05) is 6.54 Å². The number of rotatable bonds is 2. The second-order valence-corrected chi connectivity index (χ2v) is 3.85. The number of nitrogens with one attached hydrogen (secondary N) is 1. The van der Waals surface area contributed by atoms with Crippen LogP contribution in [0.2, 0.25) is 0 Å². The van der Waals surface area contributed by atoms with Crippen LogP contribution in [-0.4, -0.2) is 17.8 Å². The zero-order chi connectivity index (χ0) is 8.27. The minimum absolute atomic E-state index is 0.148. The molecule has 0 unspecified atom stereocenters. The summed E-state index contributed by atoms with van der Waals surface area (Å²) in [7, 11) is 0. The first-order chi connectivity index (χ1) is 5.24. The van der Waals surface area contributed by atoms with Gasteiger partial charge < -0.3 is 5.11 Å². The highest BCUT2D eigenvalue weighted by Gasteiger charge is 2.26. The van der Waals surface area contributed by atoms with E-state index in [4.69, 9.17) is 11.8 Å². The van der Waals surface area contributed by atoms with Gasteiger partial charge in [0.15, 0.2) is 0 Å². The molecule has 1 aliphatic carbocycles. The molecular weight excluding hydrogens is 162 g/mol. The molecule has 0 bridgehead atoms. The van der Waals surface area contributed by atoms with Crippen LogP contribution in [0.25, 0.3) is 0 Å². The summed E-state index contributed by atoms with van der Waals surface area (Å²) < 4.78 is 0. The lowest BCUT2D eigenvalue weighted by Crippen LogP contribution is -2.33. The van der Waals surface area contributed by atoms with Crippen molar-refractivity contribution in [3.8, 4) is 0 Å². The third-order valence-electron chi connectivity index (χ3n) is 2.56. The van der Waals surface area contributed by atoms with Gasteiger partial charge in [-0.3, -0.25) is 0 Å². The monoisotopic (exact) mass is 177 g/mol. The summed E-state index contributed by atoms with van der Waals surface area (Å²) in [5.41, 5.74) is 0. The van der Waals surface area contributed by atoms with Crippen molar-refractivity contribution in [1.29, 1.82) is 0 Å². The Morgan fingerprint density at radius 2 is 2.27 bits per heavy atom. The molecule has 0 aromatic heterocycles. The molecule has 1 fully saturated rings. The highest BCUT2D eigenvalue weighted by molar-refractivity contribution is 6.13. The van der Waals surface area contributed by atoms with Gasteiger partial charge in [0.25, 0.3) is 0 Å². The van der Waals surface area contributed by atoms with Gasteiger partial charge in [-0.15, -0.1) is 0 Å². The first-order valence-corrected chi connectivity index (χ1v) is 4.63. The van der Waals surface area contributed by atoms with E-state index in [-0.39, 0.29) is 6.10 Å². The van der Waals surface area contributed by atoms with Gasteiger partial charge in [-0.25, -0.2) is 4.84 Å². The first-order valence-electron chi connectivity index (χ1n) is 4.25. The smallest absolute Gasteiger partial charge is 0.0583 e. The fourth-order valence-corrected chi connectivity index (χ4v) is 1.95. The number of halogens is 1. The summed E-state index contributed by atoms with van der Waals surface area (Å²) in [6.07, 6.45) is 3.11. The molecule has 0 radical (unpaired) electrons. The van der Waals surface area contributed by atoms with Crippen molar-refractivity contribution in [1.82, 2.24) is 4.84 Å². The van der Waals surface area contributed by atoms with E-state index in [1.54, 1.807) is 0 Å². The van der Waals surface area contributed by atoms with Crippen molar-refractivity contribution in [3.05, 3.63) is 0 Å². The Kier molecular flexibility index (Phi) is 3.63. The summed E-state index contributed by atoms with van der Waals surface area (Å²) in [6, 6.07) is 0. The predicted molar refractivity (Wildman–Crippen MR) is 46.4 cm³/mol. The van der Waals surface area contributed by atoms with Gasteiger partial charge in [0.05, 0.1) is 6.10 Å². The van der Waals surface area contributed by atoms with Crippen LogP contribution in [0.4, 0.5) is 0 Å². The van der Waals surface area contributed by atoms with E-state index < -0.39 is 0 Å². The number of hydrogen-bond acceptors (Lipinski definition) is 2. The topological polar surface area (TPSA) is 32.3 Å². The Morgan fingerprint density at radius 3 is 2.82 bits per heavy atom. The molecule has 0 spiro atoms. The van der Waals surface area contributed by atoms with Gasteiger partial charge in [0, 0.05) is 6.54 Å². The van der Waals surface area contributed by atoms with E-state index in [1.807, 2.05) is 0 Å². The fraction of sp³-hybridized carbons (Fsp3) is 1.00. The Labute approximate surface area is 73.0 Å². The quantitative estimate of drug-likeness (QED) is 0.627. The Hall–Kier alpha value is 0.210. The van der Waals surface area contributed by atoms with Crippen molar-refractivity contribution in [2.45, 2.75) is 32.3 Å². The predicted octanol–water partition coefficient (Wildman–Crippen LogP) is 1.53. The summed E-state index contributed by atoms with van der Waals surface area (Å²) >= 11 is 5.38. The molecule has 11 heavy (non-hydrogen) atoms. The SMILES string of the molecule is C[C@@H]1CC[C@@H](CNCl)[C@H](O)C1. The van der Waals surface area contributed by atoms with Crippen LogP contribution in [0.3, 0.4) is 0 Å². The molecule has 0 saturated heterocycles. The molecular formula is C8H16ClNO. The van der Waals surface area contributed by atoms with Crippen molar-refractivity contribution < 1.29 is 5.11 Å². The second kappa shape index (κ2) is 4.29. The van der Waals surface area contributed by atoms with Gasteiger partial charge in [-0.05, 0) is 36.5 Å². The van der Waals surface area contributed by atoms with Crippen LogP contribution < -0.4 is 4.84 Å². The van der Waals surface area contributed by atoms with Gasteiger partial charge in [-0.2, -0.15) is 0 Å². The van der Waals surface area contributed by atoms with Crippen LogP contribution >= 0.6 is 11.8 Å². The van der Waals surface area contributed by atoms with Crippen molar-refractivity contribution in [2.24, 2.45) is 11.8 Å². The molecule has 1 aliphatic rings. The molecule has 66 valence electrons. The van der Waals surface area contributed by atoms with Gasteiger partial charge in [0.2, 0.25) is 0 Å². The fourth-order valence-electron chi connectivity index (χ4n) is 1.75.